The molecule has 1 heterocycles. The van der Waals surface area contributed by atoms with Crippen LogP contribution in [0, 0.1) is 0 Å². The van der Waals surface area contributed by atoms with Crippen molar-refractivity contribution < 1.29 is 9.16 Å². The van der Waals surface area contributed by atoms with E-state index in [0.717, 1.165) is 12.2 Å². The normalized spacial score (nSPS) is 15.1. The molecule has 0 aliphatic carbocycles. The van der Waals surface area contributed by atoms with E-state index in [1.165, 1.54) is 95.8 Å². The Bertz CT molecular complexity index is 528. The highest BCUT2D eigenvalue weighted by Crippen LogP contribution is 2.23. The average Bonchev–Trinajstić information content (AvgIpc) is 3.28. The number of nitrogens with zero attached hydrogens (tertiary/aromatic N) is 1. The lowest BCUT2D eigenvalue weighted by molar-refractivity contribution is 0.119. The fraction of sp³-hybridized carbons (Fsp3) is 0.769. The second-order valence-electron chi connectivity index (χ2n) is 9.28. The minimum atomic E-state index is -1.05. The quantitative estimate of drug-likeness (QED) is 0.189. The van der Waals surface area contributed by atoms with Gasteiger partial charge in [-0.15, -0.1) is 0 Å². The molecule has 2 rings (SSSR count). The maximum atomic E-state index is 6.27. The maximum absolute atomic E-state index is 6.27. The molecule has 4 heteroatoms. The first kappa shape index (κ1) is 25.3. The minimum absolute atomic E-state index is 0.254. The van der Waals surface area contributed by atoms with E-state index in [1.54, 1.807) is 0 Å². The van der Waals surface area contributed by atoms with Crippen LogP contribution in [0.2, 0.25) is 13.1 Å². The van der Waals surface area contributed by atoms with Crippen molar-refractivity contribution in [2.24, 2.45) is 0 Å². The number of anilines is 1. The van der Waals surface area contributed by atoms with Gasteiger partial charge in [-0.1, -0.05) is 71.1 Å². The van der Waals surface area contributed by atoms with Crippen LogP contribution in [0.5, 0.6) is 5.75 Å². The van der Waals surface area contributed by atoms with Crippen molar-refractivity contribution in [1.82, 2.24) is 0 Å². The maximum Gasteiger partial charge on any atom is 0.171 e. The number of hydrogen-bond donors (Lipinski definition) is 0. The van der Waals surface area contributed by atoms with E-state index in [1.807, 2.05) is 0 Å². The molecule has 0 saturated carbocycles. The van der Waals surface area contributed by atoms with E-state index in [2.05, 4.69) is 49.2 Å². The van der Waals surface area contributed by atoms with Crippen molar-refractivity contribution in [2.75, 3.05) is 24.6 Å². The zero-order valence-electron chi connectivity index (χ0n) is 20.0. The van der Waals surface area contributed by atoms with Crippen molar-refractivity contribution in [3.63, 3.8) is 0 Å². The lowest BCUT2D eigenvalue weighted by Crippen LogP contribution is -2.27. The van der Waals surface area contributed by atoms with Gasteiger partial charge in [0.2, 0.25) is 0 Å². The molecular formula is C26H47NO2Si. The first-order valence-electron chi connectivity index (χ1n) is 12.8. The van der Waals surface area contributed by atoms with Crippen LogP contribution in [0.3, 0.4) is 0 Å². The van der Waals surface area contributed by atoms with Crippen molar-refractivity contribution in [3.8, 4) is 5.75 Å². The molecule has 0 radical (unpaired) electrons. The van der Waals surface area contributed by atoms with Gasteiger partial charge in [0.15, 0.2) is 9.04 Å². The van der Waals surface area contributed by atoms with Gasteiger partial charge in [0, 0.05) is 18.8 Å². The fourth-order valence-electron chi connectivity index (χ4n) is 4.35. The molecule has 1 saturated heterocycles. The Hall–Kier alpha value is -1.00. The van der Waals surface area contributed by atoms with Gasteiger partial charge < -0.3 is 14.1 Å². The highest BCUT2D eigenvalue weighted by atomic mass is 28.3. The van der Waals surface area contributed by atoms with Crippen LogP contribution >= 0.6 is 0 Å². The van der Waals surface area contributed by atoms with Crippen LogP contribution in [-0.2, 0) is 4.43 Å². The smallest absolute Gasteiger partial charge is 0.171 e. The molecule has 0 bridgehead atoms. The Morgan fingerprint density at radius 2 is 1.40 bits per heavy atom. The molecular weight excluding hydrogens is 386 g/mol. The van der Waals surface area contributed by atoms with Crippen LogP contribution in [-0.4, -0.2) is 34.8 Å². The van der Waals surface area contributed by atoms with Gasteiger partial charge in [-0.3, -0.25) is 0 Å². The van der Waals surface area contributed by atoms with E-state index in [9.17, 15) is 0 Å². The zero-order valence-corrected chi connectivity index (χ0v) is 21.2. The third-order valence-corrected chi connectivity index (χ3v) is 7.02. The van der Waals surface area contributed by atoms with Crippen molar-refractivity contribution in [3.05, 3.63) is 24.3 Å². The molecule has 1 aliphatic rings. The minimum Gasteiger partial charge on any atom is -0.491 e. The van der Waals surface area contributed by atoms with Crippen LogP contribution < -0.4 is 9.64 Å². The van der Waals surface area contributed by atoms with Crippen molar-refractivity contribution >= 4 is 14.7 Å². The summed E-state index contributed by atoms with van der Waals surface area (Å²) in [7, 11) is -1.05. The Balaban J connectivity index is 1.60. The highest BCUT2D eigenvalue weighted by Gasteiger charge is 2.14. The first-order valence-corrected chi connectivity index (χ1v) is 15.6. The number of hydrogen-bond acceptors (Lipinski definition) is 3. The third kappa shape index (κ3) is 10.9. The largest absolute Gasteiger partial charge is 0.491 e. The lowest BCUT2D eigenvalue weighted by atomic mass is 10.0. The van der Waals surface area contributed by atoms with Gasteiger partial charge >= 0.3 is 0 Å². The molecule has 172 valence electrons. The van der Waals surface area contributed by atoms with Crippen molar-refractivity contribution in [1.29, 1.82) is 0 Å². The van der Waals surface area contributed by atoms with Crippen LogP contribution in [0.15, 0.2) is 24.3 Å². The number of ether oxygens (including phenoxy) is 1. The predicted molar refractivity (Wildman–Crippen MR) is 134 cm³/mol. The molecule has 0 N–H and O–H groups in total. The second kappa shape index (κ2) is 15.7. The number of unbranched alkanes of at least 4 members (excludes halogenated alkanes) is 9. The molecule has 3 nitrogen and oxygen atoms in total. The molecule has 0 spiro atoms. The van der Waals surface area contributed by atoms with Gasteiger partial charge in [-0.05, 0) is 56.6 Å². The zero-order chi connectivity index (χ0) is 21.4. The first-order chi connectivity index (χ1) is 14.7. The average molecular weight is 434 g/mol. The topological polar surface area (TPSA) is 21.7 Å². The second-order valence-corrected chi connectivity index (χ2v) is 11.6. The number of rotatable bonds is 17. The molecule has 0 amide bonds. The Morgan fingerprint density at radius 3 is 1.97 bits per heavy atom. The summed E-state index contributed by atoms with van der Waals surface area (Å²) in [5.41, 5.74) is 1.33. The molecule has 1 unspecified atom stereocenters. The van der Waals surface area contributed by atoms with Gasteiger partial charge in [0.05, 0.1) is 6.10 Å². The lowest BCUT2D eigenvalue weighted by Gasteiger charge is -2.22. The summed E-state index contributed by atoms with van der Waals surface area (Å²) in [6.45, 7) is 9.87. The third-order valence-electron chi connectivity index (χ3n) is 6.09. The van der Waals surface area contributed by atoms with Crippen LogP contribution in [0.1, 0.15) is 90.4 Å². The summed E-state index contributed by atoms with van der Waals surface area (Å²) < 4.78 is 12.4. The molecule has 1 atom stereocenters. The van der Waals surface area contributed by atoms with Gasteiger partial charge in [-0.25, -0.2) is 0 Å². The summed E-state index contributed by atoms with van der Waals surface area (Å²) in [6, 6.07) is 8.65. The van der Waals surface area contributed by atoms with Crippen LogP contribution in [0.25, 0.3) is 0 Å². The summed E-state index contributed by atoms with van der Waals surface area (Å²) in [4.78, 5) is 2.46. The molecule has 1 aromatic carbocycles. The van der Waals surface area contributed by atoms with Gasteiger partial charge in [0.25, 0.3) is 0 Å². The highest BCUT2D eigenvalue weighted by molar-refractivity contribution is 6.48. The van der Waals surface area contributed by atoms with E-state index in [4.69, 9.17) is 9.16 Å². The summed E-state index contributed by atoms with van der Waals surface area (Å²) in [5, 5.41) is 0. The Morgan fingerprint density at radius 1 is 0.833 bits per heavy atom. The van der Waals surface area contributed by atoms with E-state index < -0.39 is 9.04 Å². The fourth-order valence-corrected chi connectivity index (χ4v) is 5.34. The molecule has 0 aromatic heterocycles. The molecule has 1 fully saturated rings. The SMILES string of the molecule is CCCCCCCCCCCCC(COc1ccc(N2CCCC2)cc1)O[SiH](C)C. The Labute approximate surface area is 188 Å². The summed E-state index contributed by atoms with van der Waals surface area (Å²) in [6.07, 6.45) is 17.8. The predicted octanol–water partition coefficient (Wildman–Crippen LogP) is 7.35. The molecule has 30 heavy (non-hydrogen) atoms. The number of benzene rings is 1. The standard InChI is InChI=1S/C26H47NO2Si/c1-4-5-6-7-8-9-10-11-12-13-16-26(29-30(2)3)23-28-25-19-17-24(18-20-25)27-21-14-15-22-27/h17-20,26,30H,4-16,21-23H2,1-3H3. The van der Waals surface area contributed by atoms with Gasteiger partial charge in [0.1, 0.15) is 12.4 Å². The van der Waals surface area contributed by atoms with E-state index in [0.29, 0.717) is 6.61 Å². The molecule has 1 aromatic rings. The molecule has 1 aliphatic heterocycles. The monoisotopic (exact) mass is 433 g/mol. The van der Waals surface area contributed by atoms with Crippen LogP contribution in [0.4, 0.5) is 5.69 Å². The van der Waals surface area contributed by atoms with Crippen molar-refractivity contribution in [2.45, 2.75) is 110 Å². The summed E-state index contributed by atoms with van der Waals surface area (Å²) >= 11 is 0. The van der Waals surface area contributed by atoms with Gasteiger partial charge in [-0.2, -0.15) is 0 Å². The van der Waals surface area contributed by atoms with E-state index >= 15 is 0 Å². The van der Waals surface area contributed by atoms with E-state index in [-0.39, 0.29) is 6.10 Å². The summed E-state index contributed by atoms with van der Waals surface area (Å²) in [5.74, 6) is 0.972. The Kier molecular flexibility index (Phi) is 13.3.